The molecule has 1 N–H and O–H groups in total. The highest BCUT2D eigenvalue weighted by atomic mass is 16.5. The molecule has 3 rings (SSSR count). The fourth-order valence-electron chi connectivity index (χ4n) is 3.01. The number of aromatic nitrogens is 1. The Morgan fingerprint density at radius 1 is 1.55 bits per heavy atom. The predicted molar refractivity (Wildman–Crippen MR) is 74.9 cm³/mol. The van der Waals surface area contributed by atoms with Gasteiger partial charge in [0.05, 0.1) is 24.8 Å². The van der Waals surface area contributed by atoms with Gasteiger partial charge in [0.25, 0.3) is 0 Å². The van der Waals surface area contributed by atoms with Crippen LogP contribution in [0.15, 0.2) is 12.3 Å². The number of hydrogen-bond donors (Lipinski definition) is 1. The molecule has 1 saturated carbocycles. The molecule has 5 nitrogen and oxygen atoms in total. The molecule has 1 aliphatic heterocycles. The van der Waals surface area contributed by atoms with Gasteiger partial charge in [-0.3, -0.25) is 9.69 Å². The van der Waals surface area contributed by atoms with Gasteiger partial charge in [-0.05, 0) is 32.3 Å². The summed E-state index contributed by atoms with van der Waals surface area (Å²) < 4.78 is 5.55. The van der Waals surface area contributed by atoms with Gasteiger partial charge in [-0.15, -0.1) is 0 Å². The zero-order chi connectivity index (χ0) is 14.3. The van der Waals surface area contributed by atoms with Crippen LogP contribution in [-0.4, -0.2) is 34.2 Å². The van der Waals surface area contributed by atoms with Crippen LogP contribution in [0.2, 0.25) is 0 Å². The van der Waals surface area contributed by atoms with Gasteiger partial charge in [0, 0.05) is 11.6 Å². The maximum atomic E-state index is 12.2. The molecular formula is C15H20N2O3. The van der Waals surface area contributed by atoms with E-state index >= 15 is 0 Å². The number of pyridine rings is 1. The lowest BCUT2D eigenvalue weighted by molar-refractivity contribution is -0.119. The third kappa shape index (κ3) is 2.26. The Balaban J connectivity index is 1.79. The van der Waals surface area contributed by atoms with Crippen LogP contribution in [0.3, 0.4) is 0 Å². The van der Waals surface area contributed by atoms with Crippen molar-refractivity contribution < 1.29 is 14.6 Å². The first kappa shape index (κ1) is 13.4. The third-order valence-corrected chi connectivity index (χ3v) is 3.95. The molecule has 1 aliphatic carbocycles. The molecule has 0 radical (unpaired) electrons. The lowest BCUT2D eigenvalue weighted by Gasteiger charge is -2.45. The number of rotatable bonds is 4. The molecule has 108 valence electrons. The van der Waals surface area contributed by atoms with E-state index in [1.807, 2.05) is 6.07 Å². The highest BCUT2D eigenvalue weighted by Crippen LogP contribution is 2.41. The lowest BCUT2D eigenvalue weighted by atomic mass is 9.76. The molecule has 0 bridgehead atoms. The number of aliphatic hydroxyl groups is 1. The van der Waals surface area contributed by atoms with Crippen LogP contribution in [0.1, 0.15) is 38.7 Å². The van der Waals surface area contributed by atoms with Crippen LogP contribution in [-0.2, 0) is 11.2 Å². The summed E-state index contributed by atoms with van der Waals surface area (Å²) in [7, 11) is 0. The number of nitrogens with zero attached hydrogens (tertiary/aromatic N) is 2. The summed E-state index contributed by atoms with van der Waals surface area (Å²) in [6.07, 6.45) is 4.24. The third-order valence-electron chi connectivity index (χ3n) is 3.95. The molecule has 2 aliphatic rings. The van der Waals surface area contributed by atoms with E-state index in [1.54, 1.807) is 18.0 Å². The van der Waals surface area contributed by atoms with Crippen molar-refractivity contribution in [3.05, 3.63) is 17.8 Å². The molecule has 0 saturated heterocycles. The Kier molecular flexibility index (Phi) is 3.17. The van der Waals surface area contributed by atoms with Crippen LogP contribution in [0.25, 0.3) is 0 Å². The van der Waals surface area contributed by atoms with Crippen LogP contribution in [0.4, 0.5) is 5.82 Å². The first-order valence-electron chi connectivity index (χ1n) is 7.16. The maximum absolute atomic E-state index is 12.2. The molecule has 1 fully saturated rings. The standard InChI is InChI=1S/C15H20N2O3/c1-3-4-20-12-5-10-6-13(18)17(14(10)16-9-12)11-7-15(2,19)8-11/h5,9,11,19H,3-4,6-8H2,1-2H3/t11-,15+. The number of amides is 1. The van der Waals surface area contributed by atoms with Crippen LogP contribution in [0.5, 0.6) is 5.75 Å². The van der Waals surface area contributed by atoms with E-state index in [-0.39, 0.29) is 11.9 Å². The molecule has 5 heteroatoms. The van der Waals surface area contributed by atoms with Crippen molar-refractivity contribution in [3.8, 4) is 5.75 Å². The van der Waals surface area contributed by atoms with Gasteiger partial charge >= 0.3 is 0 Å². The molecule has 1 aromatic heterocycles. The summed E-state index contributed by atoms with van der Waals surface area (Å²) in [5.41, 5.74) is 0.285. The van der Waals surface area contributed by atoms with Crippen molar-refractivity contribution in [2.24, 2.45) is 0 Å². The van der Waals surface area contributed by atoms with Gasteiger partial charge in [0.1, 0.15) is 11.6 Å². The minimum Gasteiger partial charge on any atom is -0.492 e. The topological polar surface area (TPSA) is 62.7 Å². The van der Waals surface area contributed by atoms with E-state index in [0.717, 1.165) is 23.6 Å². The van der Waals surface area contributed by atoms with Crippen molar-refractivity contribution in [2.45, 2.75) is 51.2 Å². The number of hydrogen-bond acceptors (Lipinski definition) is 4. The second-order valence-electron chi connectivity index (χ2n) is 6.00. The molecular weight excluding hydrogens is 256 g/mol. The minimum atomic E-state index is -0.641. The molecule has 0 aromatic carbocycles. The van der Waals surface area contributed by atoms with Gasteiger partial charge in [0.15, 0.2) is 0 Å². The molecule has 0 atom stereocenters. The number of carbonyl (C=O) groups excluding carboxylic acids is 1. The second-order valence-corrected chi connectivity index (χ2v) is 6.00. The summed E-state index contributed by atoms with van der Waals surface area (Å²) in [5, 5.41) is 9.84. The minimum absolute atomic E-state index is 0.0700. The average Bonchev–Trinajstić information content (AvgIpc) is 2.68. The average molecular weight is 276 g/mol. The number of anilines is 1. The monoisotopic (exact) mass is 276 g/mol. The Labute approximate surface area is 118 Å². The normalized spacial score (nSPS) is 28.2. The van der Waals surface area contributed by atoms with Crippen molar-refractivity contribution in [1.29, 1.82) is 0 Å². The molecule has 1 amide bonds. The maximum Gasteiger partial charge on any atom is 0.232 e. The number of fused-ring (bicyclic) bond motifs is 1. The van der Waals surface area contributed by atoms with E-state index < -0.39 is 5.60 Å². The molecule has 0 spiro atoms. The Hall–Kier alpha value is -1.62. The lowest BCUT2D eigenvalue weighted by Crippen LogP contribution is -2.55. The summed E-state index contributed by atoms with van der Waals surface area (Å²) in [4.78, 5) is 18.3. The van der Waals surface area contributed by atoms with E-state index in [2.05, 4.69) is 11.9 Å². The number of carbonyl (C=O) groups is 1. The van der Waals surface area contributed by atoms with Crippen LogP contribution >= 0.6 is 0 Å². The number of ether oxygens (including phenoxy) is 1. The first-order chi connectivity index (χ1) is 9.50. The summed E-state index contributed by atoms with van der Waals surface area (Å²) in [6, 6.07) is 1.99. The van der Waals surface area contributed by atoms with Crippen molar-refractivity contribution in [1.82, 2.24) is 4.98 Å². The highest BCUT2D eigenvalue weighted by Gasteiger charge is 2.46. The summed E-state index contributed by atoms with van der Waals surface area (Å²) in [6.45, 7) is 4.51. The fourth-order valence-corrected chi connectivity index (χ4v) is 3.01. The van der Waals surface area contributed by atoms with Crippen molar-refractivity contribution >= 4 is 11.7 Å². The van der Waals surface area contributed by atoms with E-state index in [9.17, 15) is 9.90 Å². The van der Waals surface area contributed by atoms with Crippen molar-refractivity contribution in [2.75, 3.05) is 11.5 Å². The van der Waals surface area contributed by atoms with E-state index in [1.165, 1.54) is 0 Å². The van der Waals surface area contributed by atoms with Gasteiger partial charge in [-0.2, -0.15) is 0 Å². The second kappa shape index (κ2) is 4.74. The molecule has 0 unspecified atom stereocenters. The first-order valence-corrected chi connectivity index (χ1v) is 7.16. The Bertz CT molecular complexity index is 534. The van der Waals surface area contributed by atoms with E-state index in [0.29, 0.717) is 25.9 Å². The van der Waals surface area contributed by atoms with Crippen molar-refractivity contribution in [3.63, 3.8) is 0 Å². The SMILES string of the molecule is CCCOc1cnc2c(c1)CC(=O)N2[C@H]1C[C@@](C)(O)C1. The molecule has 1 aromatic rings. The predicted octanol–water partition coefficient (Wildman–Crippen LogP) is 1.67. The zero-order valence-electron chi connectivity index (χ0n) is 11.9. The van der Waals surface area contributed by atoms with Gasteiger partial charge in [-0.25, -0.2) is 4.98 Å². The Morgan fingerprint density at radius 3 is 2.95 bits per heavy atom. The van der Waals surface area contributed by atoms with Gasteiger partial charge < -0.3 is 9.84 Å². The quantitative estimate of drug-likeness (QED) is 0.908. The van der Waals surface area contributed by atoms with Gasteiger partial charge in [-0.1, -0.05) is 6.92 Å². The van der Waals surface area contributed by atoms with Gasteiger partial charge in [0.2, 0.25) is 5.91 Å². The fraction of sp³-hybridized carbons (Fsp3) is 0.600. The van der Waals surface area contributed by atoms with Crippen LogP contribution < -0.4 is 9.64 Å². The smallest absolute Gasteiger partial charge is 0.232 e. The summed E-state index contributed by atoms with van der Waals surface area (Å²) >= 11 is 0. The molecule has 20 heavy (non-hydrogen) atoms. The highest BCUT2D eigenvalue weighted by molar-refractivity contribution is 6.01. The summed E-state index contributed by atoms with van der Waals surface area (Å²) in [5.74, 6) is 1.53. The van der Waals surface area contributed by atoms with E-state index in [4.69, 9.17) is 4.74 Å². The van der Waals surface area contributed by atoms with Crippen LogP contribution in [0, 0.1) is 0 Å². The largest absolute Gasteiger partial charge is 0.492 e. The zero-order valence-corrected chi connectivity index (χ0v) is 11.9. The molecule has 2 heterocycles. The Morgan fingerprint density at radius 2 is 2.30 bits per heavy atom.